The van der Waals surface area contributed by atoms with E-state index in [2.05, 4.69) is 10.3 Å². The number of hydrogen-bond acceptors (Lipinski definition) is 5. The van der Waals surface area contributed by atoms with Crippen LogP contribution in [0.25, 0.3) is 10.2 Å². The SMILES string of the molecule is O=c1c2sccc2ncn1CCNCc1ccco1. The van der Waals surface area contributed by atoms with E-state index in [0.29, 0.717) is 24.3 Å². The van der Waals surface area contributed by atoms with E-state index in [9.17, 15) is 4.79 Å². The fourth-order valence-corrected chi connectivity index (χ4v) is 2.66. The molecule has 3 aromatic heterocycles. The molecule has 98 valence electrons. The second-order valence-corrected chi connectivity index (χ2v) is 5.05. The molecule has 0 saturated carbocycles. The number of thiophene rings is 1. The maximum atomic E-state index is 12.1. The lowest BCUT2D eigenvalue weighted by atomic mass is 10.4. The fraction of sp³-hybridized carbons (Fsp3) is 0.231. The Labute approximate surface area is 113 Å². The largest absolute Gasteiger partial charge is 0.468 e. The first-order valence-electron chi connectivity index (χ1n) is 6.00. The molecule has 0 amide bonds. The van der Waals surface area contributed by atoms with E-state index in [0.717, 1.165) is 11.3 Å². The number of rotatable bonds is 5. The molecule has 3 aromatic rings. The molecule has 5 nitrogen and oxygen atoms in total. The lowest BCUT2D eigenvalue weighted by molar-refractivity contribution is 0.474. The van der Waals surface area contributed by atoms with Crippen molar-refractivity contribution in [1.82, 2.24) is 14.9 Å². The lowest BCUT2D eigenvalue weighted by Gasteiger charge is -2.05. The summed E-state index contributed by atoms with van der Waals surface area (Å²) in [5.41, 5.74) is 0.801. The zero-order valence-corrected chi connectivity index (χ0v) is 11.0. The second kappa shape index (κ2) is 5.38. The predicted molar refractivity (Wildman–Crippen MR) is 74.3 cm³/mol. The predicted octanol–water partition coefficient (Wildman–Crippen LogP) is 1.84. The molecule has 0 saturated heterocycles. The molecule has 19 heavy (non-hydrogen) atoms. The summed E-state index contributed by atoms with van der Waals surface area (Å²) in [6.45, 7) is 1.95. The van der Waals surface area contributed by atoms with Crippen molar-refractivity contribution in [3.63, 3.8) is 0 Å². The summed E-state index contributed by atoms with van der Waals surface area (Å²) in [6.07, 6.45) is 3.25. The first-order valence-corrected chi connectivity index (χ1v) is 6.88. The van der Waals surface area contributed by atoms with Crippen molar-refractivity contribution in [2.45, 2.75) is 13.1 Å². The van der Waals surface area contributed by atoms with E-state index < -0.39 is 0 Å². The van der Waals surface area contributed by atoms with Crippen molar-refractivity contribution in [1.29, 1.82) is 0 Å². The second-order valence-electron chi connectivity index (χ2n) is 4.13. The van der Waals surface area contributed by atoms with Gasteiger partial charge in [0.25, 0.3) is 5.56 Å². The van der Waals surface area contributed by atoms with Gasteiger partial charge in [-0.15, -0.1) is 11.3 Å². The summed E-state index contributed by atoms with van der Waals surface area (Å²) in [5, 5.41) is 5.11. The van der Waals surface area contributed by atoms with E-state index in [4.69, 9.17) is 4.42 Å². The van der Waals surface area contributed by atoms with Crippen molar-refractivity contribution in [3.8, 4) is 0 Å². The summed E-state index contributed by atoms with van der Waals surface area (Å²) in [7, 11) is 0. The monoisotopic (exact) mass is 275 g/mol. The molecule has 0 aliphatic carbocycles. The summed E-state index contributed by atoms with van der Waals surface area (Å²) in [6, 6.07) is 5.63. The highest BCUT2D eigenvalue weighted by molar-refractivity contribution is 7.17. The third-order valence-electron chi connectivity index (χ3n) is 2.84. The highest BCUT2D eigenvalue weighted by atomic mass is 32.1. The summed E-state index contributed by atoms with van der Waals surface area (Å²) in [4.78, 5) is 16.4. The van der Waals surface area contributed by atoms with E-state index >= 15 is 0 Å². The Bertz CT molecular complexity index is 715. The third kappa shape index (κ3) is 2.59. The van der Waals surface area contributed by atoms with Crippen molar-refractivity contribution < 1.29 is 4.42 Å². The van der Waals surface area contributed by atoms with E-state index in [1.165, 1.54) is 11.3 Å². The number of aromatic nitrogens is 2. The smallest absolute Gasteiger partial charge is 0.271 e. The molecule has 0 fully saturated rings. The molecule has 3 rings (SSSR count). The molecule has 0 spiro atoms. The maximum absolute atomic E-state index is 12.1. The van der Waals surface area contributed by atoms with Crippen LogP contribution >= 0.6 is 11.3 Å². The van der Waals surface area contributed by atoms with Gasteiger partial charge in [0.15, 0.2) is 0 Å². The van der Waals surface area contributed by atoms with Gasteiger partial charge in [-0.2, -0.15) is 0 Å². The van der Waals surface area contributed by atoms with E-state index in [-0.39, 0.29) is 5.56 Å². The maximum Gasteiger partial charge on any atom is 0.271 e. The van der Waals surface area contributed by atoms with E-state index in [1.54, 1.807) is 17.2 Å². The molecule has 0 bridgehead atoms. The zero-order chi connectivity index (χ0) is 13.1. The van der Waals surface area contributed by atoms with Gasteiger partial charge in [-0.1, -0.05) is 0 Å². The van der Waals surface area contributed by atoms with Crippen molar-refractivity contribution in [2.75, 3.05) is 6.54 Å². The van der Waals surface area contributed by atoms with Gasteiger partial charge in [0, 0.05) is 13.1 Å². The first-order chi connectivity index (χ1) is 9.34. The van der Waals surface area contributed by atoms with Gasteiger partial charge in [-0.05, 0) is 23.6 Å². The molecular formula is C13H13N3O2S. The van der Waals surface area contributed by atoms with Gasteiger partial charge in [-0.25, -0.2) is 4.98 Å². The Morgan fingerprint density at radius 3 is 3.21 bits per heavy atom. The van der Waals surface area contributed by atoms with Gasteiger partial charge in [0.1, 0.15) is 10.5 Å². The Morgan fingerprint density at radius 2 is 2.37 bits per heavy atom. The zero-order valence-electron chi connectivity index (χ0n) is 10.2. The van der Waals surface area contributed by atoms with Crippen LogP contribution in [0.4, 0.5) is 0 Å². The molecule has 0 aliphatic rings. The molecule has 6 heteroatoms. The Morgan fingerprint density at radius 1 is 1.42 bits per heavy atom. The van der Waals surface area contributed by atoms with Crippen LogP contribution in [0.2, 0.25) is 0 Å². The summed E-state index contributed by atoms with van der Waals surface area (Å²) >= 11 is 1.43. The number of fused-ring (bicyclic) bond motifs is 1. The fourth-order valence-electron chi connectivity index (χ4n) is 1.86. The number of nitrogens with zero attached hydrogens (tertiary/aromatic N) is 2. The molecular weight excluding hydrogens is 262 g/mol. The van der Waals surface area contributed by atoms with Crippen LogP contribution in [0.15, 0.2) is 45.4 Å². The van der Waals surface area contributed by atoms with E-state index in [1.807, 2.05) is 23.6 Å². The van der Waals surface area contributed by atoms with Crippen LogP contribution in [0.5, 0.6) is 0 Å². The Balaban J connectivity index is 1.62. The first kappa shape index (κ1) is 12.1. The van der Waals surface area contributed by atoms with Crippen LogP contribution in [0.3, 0.4) is 0 Å². The van der Waals surface area contributed by atoms with Crippen molar-refractivity contribution in [2.24, 2.45) is 0 Å². The molecule has 0 aromatic carbocycles. The van der Waals surface area contributed by atoms with Gasteiger partial charge < -0.3 is 9.73 Å². The molecule has 3 heterocycles. The lowest BCUT2D eigenvalue weighted by Crippen LogP contribution is -2.26. The normalized spacial score (nSPS) is 11.2. The van der Waals surface area contributed by atoms with Gasteiger partial charge in [0.05, 0.1) is 24.7 Å². The number of furan rings is 1. The molecule has 0 atom stereocenters. The summed E-state index contributed by atoms with van der Waals surface area (Å²) in [5.74, 6) is 0.888. The topological polar surface area (TPSA) is 60.1 Å². The van der Waals surface area contributed by atoms with Gasteiger partial charge in [0.2, 0.25) is 0 Å². The molecule has 1 N–H and O–H groups in total. The molecule has 0 unspecified atom stereocenters. The third-order valence-corrected chi connectivity index (χ3v) is 3.74. The highest BCUT2D eigenvalue weighted by Gasteiger charge is 2.04. The minimum atomic E-state index is 0.0276. The van der Waals surface area contributed by atoms with Crippen LogP contribution < -0.4 is 10.9 Å². The minimum Gasteiger partial charge on any atom is -0.468 e. The highest BCUT2D eigenvalue weighted by Crippen LogP contribution is 2.12. The molecule has 0 radical (unpaired) electrons. The van der Waals surface area contributed by atoms with Gasteiger partial charge in [-0.3, -0.25) is 9.36 Å². The van der Waals surface area contributed by atoms with Crippen LogP contribution in [-0.4, -0.2) is 16.1 Å². The number of nitrogens with one attached hydrogen (secondary N) is 1. The van der Waals surface area contributed by atoms with Crippen molar-refractivity contribution in [3.05, 3.63) is 52.3 Å². The Kier molecular flexibility index (Phi) is 3.43. The Hall–Kier alpha value is -1.92. The number of hydrogen-bond donors (Lipinski definition) is 1. The molecule has 0 aliphatic heterocycles. The van der Waals surface area contributed by atoms with Gasteiger partial charge >= 0.3 is 0 Å². The standard InChI is InChI=1S/C13H13N3O2S/c17-13-12-11(3-7-19-12)15-9-16(13)5-4-14-8-10-2-1-6-18-10/h1-3,6-7,9,14H,4-5,8H2. The van der Waals surface area contributed by atoms with Crippen LogP contribution in [-0.2, 0) is 13.1 Å². The average Bonchev–Trinajstić information content (AvgIpc) is 3.08. The average molecular weight is 275 g/mol. The van der Waals surface area contributed by atoms with Crippen molar-refractivity contribution >= 4 is 21.6 Å². The minimum absolute atomic E-state index is 0.0276. The van der Waals surface area contributed by atoms with Crippen LogP contribution in [0, 0.1) is 0 Å². The summed E-state index contributed by atoms with van der Waals surface area (Å²) < 4.78 is 7.56. The quantitative estimate of drug-likeness (QED) is 0.722. The van der Waals surface area contributed by atoms with Crippen LogP contribution in [0.1, 0.15) is 5.76 Å².